The first-order valence-electron chi connectivity index (χ1n) is 5.17. The van der Waals surface area contributed by atoms with Gasteiger partial charge < -0.3 is 4.74 Å². The first-order valence-corrected chi connectivity index (χ1v) is 5.17. The van der Waals surface area contributed by atoms with Crippen LogP contribution in [0.25, 0.3) is 11.1 Å². The zero-order valence-corrected chi connectivity index (χ0v) is 9.68. The molecule has 0 saturated heterocycles. The molecule has 0 bridgehead atoms. The van der Waals surface area contributed by atoms with Crippen LogP contribution in [0.4, 0.5) is 0 Å². The van der Waals surface area contributed by atoms with Crippen molar-refractivity contribution in [2.75, 3.05) is 7.11 Å². The largest absolute Gasteiger partial charge is 0.464 e. The number of nitrogens with zero attached hydrogens (tertiary/aromatic N) is 2. The highest BCUT2D eigenvalue weighted by Gasteiger charge is 2.11. The zero-order chi connectivity index (χ0) is 12.3. The van der Waals surface area contributed by atoms with Crippen LogP contribution >= 0.6 is 0 Å². The molecular formula is C13H12N2O2. The molecule has 0 spiro atoms. The second-order valence-electron chi connectivity index (χ2n) is 3.62. The molecule has 0 saturated carbocycles. The van der Waals surface area contributed by atoms with Crippen LogP contribution in [0.3, 0.4) is 0 Å². The molecule has 86 valence electrons. The number of carbonyl (C=O) groups is 1. The van der Waals surface area contributed by atoms with Crippen LogP contribution in [0.2, 0.25) is 0 Å². The van der Waals surface area contributed by atoms with Crippen LogP contribution in [-0.2, 0) is 4.74 Å². The van der Waals surface area contributed by atoms with Gasteiger partial charge in [0.2, 0.25) is 0 Å². The van der Waals surface area contributed by atoms with Crippen molar-refractivity contribution in [1.82, 2.24) is 9.97 Å². The van der Waals surface area contributed by atoms with E-state index in [2.05, 4.69) is 14.7 Å². The molecule has 2 rings (SSSR count). The minimum Gasteiger partial charge on any atom is -0.464 e. The van der Waals surface area contributed by atoms with Crippen LogP contribution in [0.15, 0.2) is 36.8 Å². The van der Waals surface area contributed by atoms with Crippen LogP contribution in [0.5, 0.6) is 0 Å². The van der Waals surface area contributed by atoms with Gasteiger partial charge in [0.25, 0.3) is 0 Å². The van der Waals surface area contributed by atoms with Gasteiger partial charge in [-0.2, -0.15) is 0 Å². The van der Waals surface area contributed by atoms with Crippen molar-refractivity contribution in [3.8, 4) is 11.1 Å². The summed E-state index contributed by atoms with van der Waals surface area (Å²) < 4.78 is 4.65. The maximum Gasteiger partial charge on any atom is 0.356 e. The molecular weight excluding hydrogens is 216 g/mol. The number of carbonyl (C=O) groups excluding carboxylic acids is 1. The molecule has 0 N–H and O–H groups in total. The first kappa shape index (κ1) is 11.3. The Kier molecular flexibility index (Phi) is 3.14. The van der Waals surface area contributed by atoms with Gasteiger partial charge in [-0.3, -0.25) is 4.98 Å². The number of hydrogen-bond donors (Lipinski definition) is 0. The minimum absolute atomic E-state index is 0.347. The molecule has 0 fully saturated rings. The topological polar surface area (TPSA) is 52.1 Å². The van der Waals surface area contributed by atoms with Crippen LogP contribution < -0.4 is 0 Å². The summed E-state index contributed by atoms with van der Waals surface area (Å²) in [5, 5.41) is 0. The van der Waals surface area contributed by atoms with E-state index < -0.39 is 5.97 Å². The number of esters is 1. The van der Waals surface area contributed by atoms with Gasteiger partial charge in [0.1, 0.15) is 0 Å². The van der Waals surface area contributed by atoms with E-state index in [4.69, 9.17) is 0 Å². The SMILES string of the molecule is COC(=O)c1ncc(-c2cccnc2)cc1C. The summed E-state index contributed by atoms with van der Waals surface area (Å²) in [7, 11) is 1.35. The quantitative estimate of drug-likeness (QED) is 0.740. The number of rotatable bonds is 2. The normalized spacial score (nSPS) is 10.0. The Morgan fingerprint density at radius 2 is 2.12 bits per heavy atom. The summed E-state index contributed by atoms with van der Waals surface area (Å²) in [6, 6.07) is 5.70. The van der Waals surface area contributed by atoms with Gasteiger partial charge in [-0.25, -0.2) is 9.78 Å². The molecule has 2 aromatic heterocycles. The fraction of sp³-hybridized carbons (Fsp3) is 0.154. The third-order valence-electron chi connectivity index (χ3n) is 2.45. The van der Waals surface area contributed by atoms with Crippen molar-refractivity contribution in [3.63, 3.8) is 0 Å². The molecule has 0 aliphatic carbocycles. The van der Waals surface area contributed by atoms with Crippen molar-refractivity contribution in [1.29, 1.82) is 0 Å². The van der Waals surface area contributed by atoms with Gasteiger partial charge in [-0.05, 0) is 24.6 Å². The van der Waals surface area contributed by atoms with Gasteiger partial charge in [0, 0.05) is 29.7 Å². The molecule has 0 unspecified atom stereocenters. The molecule has 0 aliphatic rings. The lowest BCUT2D eigenvalue weighted by Crippen LogP contribution is -2.06. The van der Waals surface area contributed by atoms with E-state index in [0.717, 1.165) is 16.7 Å². The van der Waals surface area contributed by atoms with E-state index >= 15 is 0 Å². The Labute approximate surface area is 99.3 Å². The van der Waals surface area contributed by atoms with Gasteiger partial charge in [-0.15, -0.1) is 0 Å². The second kappa shape index (κ2) is 4.74. The van der Waals surface area contributed by atoms with Crippen LogP contribution in [0.1, 0.15) is 16.1 Å². The number of hydrogen-bond acceptors (Lipinski definition) is 4. The molecule has 0 amide bonds. The van der Waals surface area contributed by atoms with E-state index in [1.165, 1.54) is 7.11 Å². The number of methoxy groups -OCH3 is 1. The third kappa shape index (κ3) is 2.30. The Balaban J connectivity index is 2.41. The number of aryl methyl sites for hydroxylation is 1. The average molecular weight is 228 g/mol. The van der Waals surface area contributed by atoms with Gasteiger partial charge in [0.15, 0.2) is 5.69 Å². The predicted octanol–water partition coefficient (Wildman–Crippen LogP) is 2.24. The summed E-state index contributed by atoms with van der Waals surface area (Å²) in [5.74, 6) is -0.416. The Hall–Kier alpha value is -2.23. The Morgan fingerprint density at radius 3 is 2.71 bits per heavy atom. The summed E-state index contributed by atoms with van der Waals surface area (Å²) >= 11 is 0. The highest BCUT2D eigenvalue weighted by molar-refractivity contribution is 5.89. The first-order chi connectivity index (χ1) is 8.22. The summed E-state index contributed by atoms with van der Waals surface area (Å²) in [6.45, 7) is 1.83. The molecule has 4 heteroatoms. The molecule has 0 atom stereocenters. The van der Waals surface area contributed by atoms with E-state index in [0.29, 0.717) is 5.69 Å². The third-order valence-corrected chi connectivity index (χ3v) is 2.45. The average Bonchev–Trinajstić information content (AvgIpc) is 2.39. The molecule has 0 aliphatic heterocycles. The fourth-order valence-electron chi connectivity index (χ4n) is 1.58. The minimum atomic E-state index is -0.416. The summed E-state index contributed by atoms with van der Waals surface area (Å²) in [5.41, 5.74) is 3.04. The van der Waals surface area contributed by atoms with Crippen molar-refractivity contribution in [2.45, 2.75) is 6.92 Å². The van der Waals surface area contributed by atoms with Gasteiger partial charge >= 0.3 is 5.97 Å². The maximum absolute atomic E-state index is 11.4. The van der Waals surface area contributed by atoms with E-state index in [1.807, 2.05) is 25.1 Å². The summed E-state index contributed by atoms with van der Waals surface area (Å²) in [4.78, 5) is 19.6. The van der Waals surface area contributed by atoms with Crippen molar-refractivity contribution < 1.29 is 9.53 Å². The van der Waals surface area contributed by atoms with Gasteiger partial charge in [0.05, 0.1) is 7.11 Å². The lowest BCUT2D eigenvalue weighted by atomic mass is 10.1. The molecule has 4 nitrogen and oxygen atoms in total. The maximum atomic E-state index is 11.4. The van der Waals surface area contributed by atoms with E-state index in [1.54, 1.807) is 18.6 Å². The van der Waals surface area contributed by atoms with Crippen molar-refractivity contribution in [3.05, 3.63) is 48.0 Å². The smallest absolute Gasteiger partial charge is 0.356 e. The van der Waals surface area contributed by atoms with Crippen LogP contribution in [-0.4, -0.2) is 23.0 Å². The molecule has 2 aromatic rings. The Bertz CT molecular complexity index is 538. The highest BCUT2D eigenvalue weighted by atomic mass is 16.5. The molecule has 2 heterocycles. The highest BCUT2D eigenvalue weighted by Crippen LogP contribution is 2.19. The predicted molar refractivity (Wildman–Crippen MR) is 63.5 cm³/mol. The van der Waals surface area contributed by atoms with E-state index in [-0.39, 0.29) is 0 Å². The number of pyridine rings is 2. The number of ether oxygens (including phenoxy) is 1. The van der Waals surface area contributed by atoms with Crippen molar-refractivity contribution >= 4 is 5.97 Å². The molecule has 0 aromatic carbocycles. The molecule has 17 heavy (non-hydrogen) atoms. The lowest BCUT2D eigenvalue weighted by molar-refractivity contribution is 0.0593. The Morgan fingerprint density at radius 1 is 1.29 bits per heavy atom. The monoisotopic (exact) mass is 228 g/mol. The van der Waals surface area contributed by atoms with Gasteiger partial charge in [-0.1, -0.05) is 6.07 Å². The summed E-state index contributed by atoms with van der Waals surface area (Å²) in [6.07, 6.45) is 5.12. The molecule has 0 radical (unpaired) electrons. The second-order valence-corrected chi connectivity index (χ2v) is 3.62. The lowest BCUT2D eigenvalue weighted by Gasteiger charge is -2.05. The standard InChI is InChI=1S/C13H12N2O2/c1-9-6-11(10-4-3-5-14-7-10)8-15-12(9)13(16)17-2/h3-8H,1-2H3. The zero-order valence-electron chi connectivity index (χ0n) is 9.68. The fourth-order valence-corrected chi connectivity index (χ4v) is 1.58. The number of aromatic nitrogens is 2. The van der Waals surface area contributed by atoms with E-state index in [9.17, 15) is 4.79 Å². The van der Waals surface area contributed by atoms with Crippen molar-refractivity contribution in [2.24, 2.45) is 0 Å². The van der Waals surface area contributed by atoms with Crippen LogP contribution in [0, 0.1) is 6.92 Å².